The van der Waals surface area contributed by atoms with Gasteiger partial charge in [0.15, 0.2) is 11.6 Å². The smallest absolute Gasteiger partial charge is 0.196 e. The van der Waals surface area contributed by atoms with Crippen molar-refractivity contribution in [1.82, 2.24) is 14.8 Å². The van der Waals surface area contributed by atoms with Gasteiger partial charge in [-0.15, -0.1) is 0 Å². The van der Waals surface area contributed by atoms with Crippen molar-refractivity contribution in [1.29, 1.82) is 0 Å². The first-order valence-corrected chi connectivity index (χ1v) is 6.61. The first-order valence-electron chi connectivity index (χ1n) is 6.61. The molecule has 0 spiro atoms. The van der Waals surface area contributed by atoms with Crippen LogP contribution in [0.2, 0.25) is 0 Å². The number of anilines is 1. The zero-order chi connectivity index (χ0) is 13.9. The van der Waals surface area contributed by atoms with Gasteiger partial charge in [0.2, 0.25) is 0 Å². The lowest BCUT2D eigenvalue weighted by atomic mass is 10.2. The summed E-state index contributed by atoms with van der Waals surface area (Å²) in [6.45, 7) is 2.72. The van der Waals surface area contributed by atoms with Crippen molar-refractivity contribution in [3.05, 3.63) is 42.7 Å². The zero-order valence-corrected chi connectivity index (χ0v) is 11.3. The fourth-order valence-electron chi connectivity index (χ4n) is 2.07. The summed E-state index contributed by atoms with van der Waals surface area (Å²) in [6, 6.07) is 9.46. The Morgan fingerprint density at radius 3 is 3.05 bits per heavy atom. The van der Waals surface area contributed by atoms with Gasteiger partial charge in [0.1, 0.15) is 0 Å². The number of hydrogen-bond acceptors (Lipinski definition) is 4. The van der Waals surface area contributed by atoms with Crippen LogP contribution in [0, 0.1) is 0 Å². The maximum absolute atomic E-state index is 5.86. The lowest BCUT2D eigenvalue weighted by molar-refractivity contribution is 0.314. The van der Waals surface area contributed by atoms with Crippen molar-refractivity contribution < 1.29 is 4.74 Å². The number of hydrogen-bond donors (Lipinski definition) is 1. The Balaban J connectivity index is 2.13. The summed E-state index contributed by atoms with van der Waals surface area (Å²) in [5.41, 5.74) is 7.48. The first-order chi connectivity index (χ1) is 9.79. The monoisotopic (exact) mass is 268 g/mol. The summed E-state index contributed by atoms with van der Waals surface area (Å²) in [6.07, 6.45) is 4.47. The third-order valence-electron chi connectivity index (χ3n) is 3.01. The van der Waals surface area contributed by atoms with Crippen molar-refractivity contribution in [3.63, 3.8) is 0 Å². The van der Waals surface area contributed by atoms with Crippen LogP contribution in [0.4, 0.5) is 5.69 Å². The quantitative estimate of drug-likeness (QED) is 0.739. The average Bonchev–Trinajstić information content (AvgIpc) is 2.88. The lowest BCUT2D eigenvalue weighted by Gasteiger charge is -2.10. The largest absolute Gasteiger partial charge is 0.490 e. The van der Waals surface area contributed by atoms with Crippen LogP contribution < -0.4 is 10.5 Å². The third kappa shape index (κ3) is 2.18. The predicted molar refractivity (Wildman–Crippen MR) is 79.1 cm³/mol. The van der Waals surface area contributed by atoms with E-state index in [0.717, 1.165) is 23.1 Å². The molecule has 5 heteroatoms. The van der Waals surface area contributed by atoms with Crippen molar-refractivity contribution in [2.24, 2.45) is 0 Å². The second-order valence-electron chi connectivity index (χ2n) is 4.55. The van der Waals surface area contributed by atoms with Crippen molar-refractivity contribution in [2.45, 2.75) is 13.3 Å². The molecule has 0 unspecified atom stereocenters. The highest BCUT2D eigenvalue weighted by molar-refractivity contribution is 5.83. The van der Waals surface area contributed by atoms with Crippen molar-refractivity contribution in [3.8, 4) is 11.6 Å². The molecule has 5 nitrogen and oxygen atoms in total. The Bertz CT molecular complexity index is 736. The van der Waals surface area contributed by atoms with Gasteiger partial charge >= 0.3 is 0 Å². The summed E-state index contributed by atoms with van der Waals surface area (Å²) in [4.78, 5) is 4.39. The Hall–Kier alpha value is -2.56. The molecule has 20 heavy (non-hydrogen) atoms. The maximum Gasteiger partial charge on any atom is 0.196 e. The van der Waals surface area contributed by atoms with E-state index >= 15 is 0 Å². The van der Waals surface area contributed by atoms with Crippen LogP contribution in [0.15, 0.2) is 42.7 Å². The van der Waals surface area contributed by atoms with Gasteiger partial charge in [0.05, 0.1) is 18.3 Å². The highest BCUT2D eigenvalue weighted by atomic mass is 16.5. The molecule has 0 bridgehead atoms. The predicted octanol–water partition coefficient (Wildman–Crippen LogP) is 2.79. The number of aromatic nitrogens is 3. The second-order valence-corrected chi connectivity index (χ2v) is 4.55. The van der Waals surface area contributed by atoms with E-state index in [1.165, 1.54) is 0 Å². The molecule has 2 aromatic heterocycles. The van der Waals surface area contributed by atoms with E-state index in [0.29, 0.717) is 18.1 Å². The molecule has 0 aliphatic heterocycles. The third-order valence-corrected chi connectivity index (χ3v) is 3.01. The van der Waals surface area contributed by atoms with Crippen LogP contribution in [0.1, 0.15) is 13.3 Å². The molecular formula is C15H16N4O. The van der Waals surface area contributed by atoms with Crippen LogP contribution in [-0.2, 0) is 0 Å². The minimum Gasteiger partial charge on any atom is -0.490 e. The molecule has 0 aliphatic rings. The topological polar surface area (TPSA) is 66.0 Å². The van der Waals surface area contributed by atoms with E-state index < -0.39 is 0 Å². The molecule has 1 aromatic carbocycles. The van der Waals surface area contributed by atoms with Gasteiger partial charge in [-0.05, 0) is 36.8 Å². The molecule has 3 rings (SSSR count). The van der Waals surface area contributed by atoms with E-state index in [4.69, 9.17) is 10.5 Å². The standard InChI is InChI=1S/C15H16N4O/c1-2-8-20-14-4-3-7-17-15(14)19-13-9-12(16)6-5-11(13)10-18-19/h3-7,9-10H,2,8,16H2,1H3. The van der Waals surface area contributed by atoms with E-state index in [-0.39, 0.29) is 0 Å². The van der Waals surface area contributed by atoms with Crippen molar-refractivity contribution >= 4 is 16.6 Å². The Labute approximate surface area is 117 Å². The minimum atomic E-state index is 0.653. The van der Waals surface area contributed by atoms with Crippen molar-refractivity contribution in [2.75, 3.05) is 12.3 Å². The lowest BCUT2D eigenvalue weighted by Crippen LogP contribution is -2.05. The second kappa shape index (κ2) is 5.21. The molecule has 0 saturated carbocycles. The van der Waals surface area contributed by atoms with Crippen LogP contribution in [0.3, 0.4) is 0 Å². The normalized spacial score (nSPS) is 10.8. The van der Waals surface area contributed by atoms with E-state index in [9.17, 15) is 0 Å². The number of pyridine rings is 1. The van der Waals surface area contributed by atoms with Gasteiger partial charge in [-0.2, -0.15) is 5.10 Å². The Morgan fingerprint density at radius 2 is 2.20 bits per heavy atom. The van der Waals surface area contributed by atoms with Crippen LogP contribution in [-0.4, -0.2) is 21.4 Å². The van der Waals surface area contributed by atoms with Gasteiger partial charge in [0, 0.05) is 17.3 Å². The fourth-order valence-corrected chi connectivity index (χ4v) is 2.07. The molecule has 0 amide bonds. The Morgan fingerprint density at radius 1 is 1.30 bits per heavy atom. The maximum atomic E-state index is 5.86. The van der Waals surface area contributed by atoms with Gasteiger partial charge in [0.25, 0.3) is 0 Å². The number of rotatable bonds is 4. The van der Waals surface area contributed by atoms with E-state index in [2.05, 4.69) is 17.0 Å². The number of nitrogen functional groups attached to an aromatic ring is 1. The summed E-state index contributed by atoms with van der Waals surface area (Å²) in [7, 11) is 0. The summed E-state index contributed by atoms with van der Waals surface area (Å²) < 4.78 is 7.50. The molecule has 2 heterocycles. The van der Waals surface area contributed by atoms with E-state index in [1.807, 2.05) is 30.3 Å². The van der Waals surface area contributed by atoms with Gasteiger partial charge in [-0.3, -0.25) is 0 Å². The molecule has 0 aliphatic carbocycles. The minimum absolute atomic E-state index is 0.653. The summed E-state index contributed by atoms with van der Waals surface area (Å²) >= 11 is 0. The van der Waals surface area contributed by atoms with Crippen LogP contribution >= 0.6 is 0 Å². The molecule has 102 valence electrons. The molecule has 0 radical (unpaired) electrons. The molecule has 0 saturated heterocycles. The molecular weight excluding hydrogens is 252 g/mol. The number of ether oxygens (including phenoxy) is 1. The zero-order valence-electron chi connectivity index (χ0n) is 11.3. The summed E-state index contributed by atoms with van der Waals surface area (Å²) in [5.74, 6) is 1.41. The van der Waals surface area contributed by atoms with Gasteiger partial charge < -0.3 is 10.5 Å². The van der Waals surface area contributed by atoms with Gasteiger partial charge in [-0.1, -0.05) is 6.92 Å². The van der Waals surface area contributed by atoms with Crippen LogP contribution in [0.5, 0.6) is 5.75 Å². The number of benzene rings is 1. The van der Waals surface area contributed by atoms with Gasteiger partial charge in [-0.25, -0.2) is 9.67 Å². The number of nitrogens with zero attached hydrogens (tertiary/aromatic N) is 3. The molecule has 2 N–H and O–H groups in total. The fraction of sp³-hybridized carbons (Fsp3) is 0.200. The first kappa shape index (κ1) is 12.5. The number of nitrogens with two attached hydrogens (primary N) is 1. The average molecular weight is 268 g/mol. The van der Waals surface area contributed by atoms with Crippen LogP contribution in [0.25, 0.3) is 16.7 Å². The number of fused-ring (bicyclic) bond motifs is 1. The highest BCUT2D eigenvalue weighted by Gasteiger charge is 2.11. The molecule has 0 atom stereocenters. The Kier molecular flexibility index (Phi) is 3.25. The van der Waals surface area contributed by atoms with E-state index in [1.54, 1.807) is 17.1 Å². The SMILES string of the molecule is CCCOc1cccnc1-n1ncc2ccc(N)cc21. The highest BCUT2D eigenvalue weighted by Crippen LogP contribution is 2.25. The molecule has 3 aromatic rings. The molecule has 0 fully saturated rings. The summed E-state index contributed by atoms with van der Waals surface area (Å²) in [5, 5.41) is 5.41.